The van der Waals surface area contributed by atoms with Crippen molar-refractivity contribution in [3.63, 3.8) is 0 Å². The topological polar surface area (TPSA) is 55.2 Å². The Kier molecular flexibility index (Phi) is 5.37. The molecule has 1 rings (SSSR count). The molecule has 4 nitrogen and oxygen atoms in total. The molecular weight excluding hydrogens is 243 g/mol. The molecule has 0 radical (unpaired) electrons. The molecule has 0 aliphatic rings. The first kappa shape index (κ1) is 13.9. The maximum atomic E-state index is 13.3. The lowest BCUT2D eigenvalue weighted by atomic mass is 10.2. The van der Waals surface area contributed by atoms with E-state index >= 15 is 0 Å². The van der Waals surface area contributed by atoms with E-state index in [2.05, 4.69) is 12.2 Å². The van der Waals surface area contributed by atoms with Crippen molar-refractivity contribution in [1.29, 1.82) is 0 Å². The fourth-order valence-corrected chi connectivity index (χ4v) is 1.60. The lowest BCUT2D eigenvalue weighted by Crippen LogP contribution is -2.22. The van der Waals surface area contributed by atoms with E-state index in [1.54, 1.807) is 17.8 Å². The van der Waals surface area contributed by atoms with Crippen LogP contribution in [0.15, 0.2) is 18.2 Å². The van der Waals surface area contributed by atoms with Gasteiger partial charge >= 0.3 is 5.69 Å². The zero-order valence-electron chi connectivity index (χ0n) is 9.77. The van der Waals surface area contributed by atoms with Crippen molar-refractivity contribution in [2.75, 3.05) is 12.8 Å². The summed E-state index contributed by atoms with van der Waals surface area (Å²) in [6.45, 7) is 3.42. The van der Waals surface area contributed by atoms with Gasteiger partial charge in [0.25, 0.3) is 0 Å². The van der Waals surface area contributed by atoms with Crippen LogP contribution in [0.4, 0.5) is 10.1 Å². The molecule has 1 aromatic carbocycles. The van der Waals surface area contributed by atoms with Gasteiger partial charge in [-0.1, -0.05) is 13.0 Å². The molecule has 0 aliphatic heterocycles. The highest BCUT2D eigenvalue weighted by Crippen LogP contribution is 2.17. The van der Waals surface area contributed by atoms with Crippen molar-refractivity contribution >= 4 is 17.4 Å². The summed E-state index contributed by atoms with van der Waals surface area (Å²) in [5.74, 6) is -0.785. The summed E-state index contributed by atoms with van der Waals surface area (Å²) in [5, 5.41) is 14.1. The number of nitro groups is 1. The van der Waals surface area contributed by atoms with Gasteiger partial charge in [0.05, 0.1) is 4.92 Å². The lowest BCUT2D eigenvalue weighted by molar-refractivity contribution is -0.387. The van der Waals surface area contributed by atoms with Gasteiger partial charge in [-0.05, 0) is 17.9 Å². The summed E-state index contributed by atoms with van der Waals surface area (Å²) in [5.41, 5.74) is 0.229. The minimum absolute atomic E-state index is 0.480. The first-order valence-corrected chi connectivity index (χ1v) is 6.49. The van der Waals surface area contributed by atoms with Crippen molar-refractivity contribution in [3.05, 3.63) is 39.7 Å². The standard InChI is InChI=1S/C11H15FN2O2S/c1-8(17-2)6-13-7-9-3-4-11(14(15)16)10(12)5-9/h3-5,8,13H,6-7H2,1-2H3. The second-order valence-electron chi connectivity index (χ2n) is 3.72. The van der Waals surface area contributed by atoms with E-state index in [0.717, 1.165) is 6.54 Å². The van der Waals surface area contributed by atoms with Crippen molar-refractivity contribution in [2.45, 2.75) is 18.7 Å². The van der Waals surface area contributed by atoms with E-state index < -0.39 is 16.4 Å². The van der Waals surface area contributed by atoms with Crippen LogP contribution in [0.25, 0.3) is 0 Å². The van der Waals surface area contributed by atoms with Crippen molar-refractivity contribution < 1.29 is 9.31 Å². The molecule has 0 aliphatic carbocycles. The van der Waals surface area contributed by atoms with E-state index in [4.69, 9.17) is 0 Å². The van der Waals surface area contributed by atoms with Crippen LogP contribution >= 0.6 is 11.8 Å². The largest absolute Gasteiger partial charge is 0.312 e. The Labute approximate surface area is 104 Å². The number of nitro benzene ring substituents is 1. The van der Waals surface area contributed by atoms with Crippen LogP contribution in [-0.2, 0) is 6.54 Å². The zero-order chi connectivity index (χ0) is 12.8. The summed E-state index contributed by atoms with van der Waals surface area (Å²) >= 11 is 1.74. The molecule has 0 saturated carbocycles. The van der Waals surface area contributed by atoms with E-state index in [1.165, 1.54) is 12.1 Å². The fourth-order valence-electron chi connectivity index (χ4n) is 1.31. The molecule has 1 aromatic rings. The normalized spacial score (nSPS) is 12.4. The quantitative estimate of drug-likeness (QED) is 0.629. The summed E-state index contributed by atoms with van der Waals surface area (Å²) in [4.78, 5) is 9.70. The third kappa shape index (κ3) is 4.32. The molecule has 6 heteroatoms. The molecule has 94 valence electrons. The van der Waals surface area contributed by atoms with Gasteiger partial charge in [-0.15, -0.1) is 0 Å². The predicted molar refractivity (Wildman–Crippen MR) is 67.7 cm³/mol. The number of thioether (sulfide) groups is 1. The highest BCUT2D eigenvalue weighted by molar-refractivity contribution is 7.99. The number of rotatable bonds is 6. The Bertz CT molecular complexity index is 401. The molecular formula is C11H15FN2O2S. The maximum absolute atomic E-state index is 13.3. The second kappa shape index (κ2) is 6.56. The molecule has 1 N–H and O–H groups in total. The smallest absolute Gasteiger partial charge is 0.304 e. The van der Waals surface area contributed by atoms with Crippen LogP contribution in [0.3, 0.4) is 0 Å². The summed E-state index contributed by atoms with van der Waals surface area (Å²) in [7, 11) is 0. The van der Waals surface area contributed by atoms with Gasteiger partial charge < -0.3 is 5.32 Å². The van der Waals surface area contributed by atoms with Gasteiger partial charge in [0.2, 0.25) is 5.82 Å². The summed E-state index contributed by atoms with van der Waals surface area (Å²) < 4.78 is 13.3. The van der Waals surface area contributed by atoms with Crippen LogP contribution in [0.5, 0.6) is 0 Å². The van der Waals surface area contributed by atoms with Gasteiger partial charge in [0.1, 0.15) is 0 Å². The Morgan fingerprint density at radius 2 is 2.29 bits per heavy atom. The first-order valence-electron chi connectivity index (χ1n) is 5.21. The molecule has 17 heavy (non-hydrogen) atoms. The molecule has 0 fully saturated rings. The van der Waals surface area contributed by atoms with E-state index in [9.17, 15) is 14.5 Å². The number of nitrogens with one attached hydrogen (secondary N) is 1. The first-order chi connectivity index (χ1) is 8.04. The minimum Gasteiger partial charge on any atom is -0.312 e. The van der Waals surface area contributed by atoms with Crippen molar-refractivity contribution in [1.82, 2.24) is 5.32 Å². The zero-order valence-corrected chi connectivity index (χ0v) is 10.6. The SMILES string of the molecule is CSC(C)CNCc1ccc([N+](=O)[O-])c(F)c1. The molecule has 1 unspecified atom stereocenters. The van der Waals surface area contributed by atoms with E-state index in [1.807, 2.05) is 6.26 Å². The summed E-state index contributed by atoms with van der Waals surface area (Å²) in [6.07, 6.45) is 2.03. The third-order valence-corrected chi connectivity index (χ3v) is 3.34. The van der Waals surface area contributed by atoms with Crippen LogP contribution in [0.1, 0.15) is 12.5 Å². The Morgan fingerprint density at radius 3 is 2.82 bits per heavy atom. The fraction of sp³-hybridized carbons (Fsp3) is 0.455. The van der Waals surface area contributed by atoms with Crippen LogP contribution in [-0.4, -0.2) is 23.0 Å². The number of halogens is 1. The van der Waals surface area contributed by atoms with Gasteiger partial charge in [-0.3, -0.25) is 10.1 Å². The Balaban J connectivity index is 2.56. The number of nitrogens with zero attached hydrogens (tertiary/aromatic N) is 1. The molecule has 1 atom stereocenters. The minimum atomic E-state index is -0.785. The van der Waals surface area contributed by atoms with Gasteiger partial charge in [-0.2, -0.15) is 16.2 Å². The number of benzene rings is 1. The number of hydrogen-bond donors (Lipinski definition) is 1. The number of hydrogen-bond acceptors (Lipinski definition) is 4. The highest BCUT2D eigenvalue weighted by atomic mass is 32.2. The molecule has 0 aromatic heterocycles. The van der Waals surface area contributed by atoms with Crippen LogP contribution in [0, 0.1) is 15.9 Å². The van der Waals surface area contributed by atoms with E-state index in [0.29, 0.717) is 17.4 Å². The van der Waals surface area contributed by atoms with E-state index in [-0.39, 0.29) is 0 Å². The van der Waals surface area contributed by atoms with Crippen LogP contribution in [0.2, 0.25) is 0 Å². The Morgan fingerprint density at radius 1 is 1.59 bits per heavy atom. The lowest BCUT2D eigenvalue weighted by Gasteiger charge is -2.09. The maximum Gasteiger partial charge on any atom is 0.304 e. The molecule has 0 saturated heterocycles. The average molecular weight is 258 g/mol. The molecule has 0 heterocycles. The third-order valence-electron chi connectivity index (χ3n) is 2.37. The molecule has 0 bridgehead atoms. The van der Waals surface area contributed by atoms with Gasteiger partial charge in [0, 0.05) is 24.4 Å². The van der Waals surface area contributed by atoms with Gasteiger partial charge in [-0.25, -0.2) is 0 Å². The molecule has 0 spiro atoms. The van der Waals surface area contributed by atoms with Crippen molar-refractivity contribution in [2.24, 2.45) is 0 Å². The average Bonchev–Trinajstić information content (AvgIpc) is 2.28. The predicted octanol–water partition coefficient (Wildman–Crippen LogP) is 2.58. The Hall–Kier alpha value is -1.14. The highest BCUT2D eigenvalue weighted by Gasteiger charge is 2.13. The van der Waals surface area contributed by atoms with Gasteiger partial charge in [0.15, 0.2) is 0 Å². The molecule has 0 amide bonds. The monoisotopic (exact) mass is 258 g/mol. The summed E-state index contributed by atoms with van der Waals surface area (Å²) in [6, 6.07) is 3.97. The van der Waals surface area contributed by atoms with Crippen molar-refractivity contribution in [3.8, 4) is 0 Å². The van der Waals surface area contributed by atoms with Crippen LogP contribution < -0.4 is 5.32 Å². The second-order valence-corrected chi connectivity index (χ2v) is 5.00.